The van der Waals surface area contributed by atoms with Crippen molar-refractivity contribution in [1.29, 1.82) is 0 Å². The van der Waals surface area contributed by atoms with Crippen LogP contribution in [0.25, 0.3) is 0 Å². The van der Waals surface area contributed by atoms with Crippen LogP contribution in [-0.2, 0) is 22.7 Å². The molecule has 1 aromatic heterocycles. The largest absolute Gasteiger partial charge is 0.459 e. The molecule has 4 rings (SSSR count). The van der Waals surface area contributed by atoms with Crippen molar-refractivity contribution in [1.82, 2.24) is 9.55 Å². The highest BCUT2D eigenvalue weighted by Crippen LogP contribution is 2.60. The van der Waals surface area contributed by atoms with Gasteiger partial charge in [0, 0.05) is 6.54 Å². The minimum Gasteiger partial charge on any atom is -0.459 e. The fourth-order valence-electron chi connectivity index (χ4n) is 3.65. The molecule has 1 unspecified atom stereocenters. The molecule has 1 saturated heterocycles. The van der Waals surface area contributed by atoms with E-state index in [2.05, 4.69) is 17.1 Å². The number of aromatic nitrogens is 2. The monoisotopic (exact) mass is 342 g/mol. The van der Waals surface area contributed by atoms with Crippen molar-refractivity contribution in [2.45, 2.75) is 32.4 Å². The van der Waals surface area contributed by atoms with Crippen molar-refractivity contribution in [3.05, 3.63) is 54.1 Å². The highest BCUT2D eigenvalue weighted by Gasteiger charge is 2.58. The lowest BCUT2D eigenvalue weighted by Gasteiger charge is -2.21. The number of ether oxygens (including phenoxy) is 1. The molecule has 1 aliphatic carbocycles. The lowest BCUT2D eigenvalue weighted by molar-refractivity contribution is -0.147. The first kappa shape index (κ1) is 15.8. The van der Waals surface area contributed by atoms with Gasteiger partial charge in [0.15, 0.2) is 0 Å². The molecule has 24 heavy (non-hydrogen) atoms. The Morgan fingerprint density at radius 1 is 1.29 bits per heavy atom. The summed E-state index contributed by atoms with van der Waals surface area (Å²) in [6, 6.07) is 10.2. The van der Waals surface area contributed by atoms with Gasteiger partial charge in [0.25, 0.3) is 0 Å². The lowest BCUT2D eigenvalue weighted by Crippen LogP contribution is -2.19. The third-order valence-electron chi connectivity index (χ3n) is 5.32. The van der Waals surface area contributed by atoms with Gasteiger partial charge in [0.2, 0.25) is 0 Å². The molecular formula is C19H22N2O2S. The molecule has 4 nitrogen and oxygen atoms in total. The van der Waals surface area contributed by atoms with E-state index < -0.39 is 0 Å². The summed E-state index contributed by atoms with van der Waals surface area (Å²) in [6.07, 6.45) is 6.95. The molecule has 1 saturated carbocycles. The van der Waals surface area contributed by atoms with Crippen LogP contribution in [0.2, 0.25) is 0 Å². The first-order valence-corrected chi connectivity index (χ1v) is 9.70. The minimum absolute atomic E-state index is 0.0191. The van der Waals surface area contributed by atoms with Crippen molar-refractivity contribution in [2.24, 2.45) is 11.3 Å². The Labute approximate surface area is 146 Å². The van der Waals surface area contributed by atoms with Crippen molar-refractivity contribution < 1.29 is 9.53 Å². The lowest BCUT2D eigenvalue weighted by atomic mass is 9.96. The summed E-state index contributed by atoms with van der Waals surface area (Å²) in [5.41, 5.74) is 2.43. The van der Waals surface area contributed by atoms with Gasteiger partial charge in [-0.05, 0) is 41.7 Å². The molecule has 5 heteroatoms. The predicted molar refractivity (Wildman–Crippen MR) is 94.7 cm³/mol. The molecule has 0 N–H and O–H groups in total. The van der Waals surface area contributed by atoms with Gasteiger partial charge in [-0.15, -0.1) is 0 Å². The zero-order chi connectivity index (χ0) is 16.4. The second-order valence-electron chi connectivity index (χ2n) is 6.84. The van der Waals surface area contributed by atoms with E-state index in [-0.39, 0.29) is 17.3 Å². The van der Waals surface area contributed by atoms with Gasteiger partial charge >= 0.3 is 5.97 Å². The fourth-order valence-corrected chi connectivity index (χ4v) is 4.95. The maximum absolute atomic E-state index is 12.4. The molecule has 1 spiro atoms. The van der Waals surface area contributed by atoms with Crippen LogP contribution in [0.1, 0.15) is 30.5 Å². The third-order valence-corrected chi connectivity index (χ3v) is 6.30. The third kappa shape index (κ3) is 3.22. The van der Waals surface area contributed by atoms with Crippen molar-refractivity contribution in [2.75, 3.05) is 11.5 Å². The highest BCUT2D eigenvalue weighted by molar-refractivity contribution is 7.99. The number of hydrogen-bond acceptors (Lipinski definition) is 4. The van der Waals surface area contributed by atoms with Gasteiger partial charge in [-0.25, -0.2) is 4.98 Å². The first-order valence-electron chi connectivity index (χ1n) is 8.54. The van der Waals surface area contributed by atoms with E-state index in [1.54, 1.807) is 12.5 Å². The summed E-state index contributed by atoms with van der Waals surface area (Å²) in [7, 11) is 0. The van der Waals surface area contributed by atoms with Crippen LogP contribution in [0.5, 0.6) is 0 Å². The van der Waals surface area contributed by atoms with E-state index in [4.69, 9.17) is 4.74 Å². The Hall–Kier alpha value is -1.75. The molecule has 1 atom stereocenters. The van der Waals surface area contributed by atoms with E-state index in [0.29, 0.717) is 6.61 Å². The van der Waals surface area contributed by atoms with Crippen LogP contribution in [0, 0.1) is 11.3 Å². The van der Waals surface area contributed by atoms with Crippen LogP contribution in [-0.4, -0.2) is 27.0 Å². The number of benzene rings is 1. The predicted octanol–water partition coefficient (Wildman–Crippen LogP) is 3.51. The second kappa shape index (κ2) is 6.63. The Balaban J connectivity index is 1.34. The molecule has 0 radical (unpaired) electrons. The molecule has 2 aromatic rings. The molecule has 2 fully saturated rings. The number of nitrogens with zero attached hydrogens (tertiary/aromatic N) is 2. The number of imidazole rings is 1. The Kier molecular flexibility index (Phi) is 4.35. The summed E-state index contributed by atoms with van der Waals surface area (Å²) in [5.74, 6) is 2.49. The minimum atomic E-state index is -0.0191. The zero-order valence-corrected chi connectivity index (χ0v) is 14.5. The number of esters is 1. The molecule has 2 heterocycles. The van der Waals surface area contributed by atoms with Crippen LogP contribution in [0.4, 0.5) is 0 Å². The van der Waals surface area contributed by atoms with E-state index >= 15 is 0 Å². The first-order chi connectivity index (χ1) is 11.8. The maximum atomic E-state index is 12.4. The summed E-state index contributed by atoms with van der Waals surface area (Å²) >= 11 is 2.00. The van der Waals surface area contributed by atoms with Crippen LogP contribution in [0.15, 0.2) is 42.9 Å². The van der Waals surface area contributed by atoms with Crippen molar-refractivity contribution in [3.8, 4) is 0 Å². The van der Waals surface area contributed by atoms with Gasteiger partial charge in [-0.2, -0.15) is 11.8 Å². The van der Waals surface area contributed by atoms with Gasteiger partial charge in [-0.1, -0.05) is 30.3 Å². The maximum Gasteiger partial charge on any atom is 0.309 e. The summed E-state index contributed by atoms with van der Waals surface area (Å²) in [5, 5.41) is 0. The summed E-state index contributed by atoms with van der Waals surface area (Å²) in [6.45, 7) is 1.06. The van der Waals surface area contributed by atoms with E-state index in [1.807, 2.05) is 34.5 Å². The standard InChI is InChI=1S/C19H22N2O2S/c22-18(17-10-19(17)6-8-24-9-7-19)23-13-16-11-20-14-21(16)12-15-4-2-1-3-5-15/h1-5,11,14,17H,6-10,12-13H2. The molecule has 0 bridgehead atoms. The van der Waals surface area contributed by atoms with Gasteiger partial charge in [0.05, 0.1) is 24.1 Å². The summed E-state index contributed by atoms with van der Waals surface area (Å²) in [4.78, 5) is 16.6. The molecule has 126 valence electrons. The van der Waals surface area contributed by atoms with E-state index in [9.17, 15) is 4.79 Å². The quantitative estimate of drug-likeness (QED) is 0.780. The van der Waals surface area contributed by atoms with Crippen molar-refractivity contribution in [3.63, 3.8) is 0 Å². The molecule has 1 aliphatic heterocycles. The van der Waals surface area contributed by atoms with Gasteiger partial charge < -0.3 is 9.30 Å². The molecule has 2 aliphatic rings. The normalized spacial score (nSPS) is 21.6. The second-order valence-corrected chi connectivity index (χ2v) is 8.06. The molecular weight excluding hydrogens is 320 g/mol. The summed E-state index contributed by atoms with van der Waals surface area (Å²) < 4.78 is 7.65. The Morgan fingerprint density at radius 2 is 2.08 bits per heavy atom. The smallest absolute Gasteiger partial charge is 0.309 e. The number of thioether (sulfide) groups is 1. The number of rotatable bonds is 5. The van der Waals surface area contributed by atoms with E-state index in [0.717, 1.165) is 18.7 Å². The number of carbonyl (C=O) groups is 1. The molecule has 1 aromatic carbocycles. The van der Waals surface area contributed by atoms with Crippen LogP contribution >= 0.6 is 11.8 Å². The van der Waals surface area contributed by atoms with Crippen molar-refractivity contribution >= 4 is 17.7 Å². The Morgan fingerprint density at radius 3 is 2.88 bits per heavy atom. The average Bonchev–Trinajstić information content (AvgIpc) is 3.12. The topological polar surface area (TPSA) is 44.1 Å². The van der Waals surface area contributed by atoms with Crippen LogP contribution < -0.4 is 0 Å². The van der Waals surface area contributed by atoms with Gasteiger partial charge in [0.1, 0.15) is 6.61 Å². The van der Waals surface area contributed by atoms with E-state index in [1.165, 1.54) is 29.9 Å². The highest BCUT2D eigenvalue weighted by atomic mass is 32.2. The number of carbonyl (C=O) groups excluding carboxylic acids is 1. The zero-order valence-electron chi connectivity index (χ0n) is 13.7. The number of hydrogen-bond donors (Lipinski definition) is 0. The van der Waals surface area contributed by atoms with Crippen LogP contribution in [0.3, 0.4) is 0 Å². The Bertz CT molecular complexity index is 707. The molecule has 0 amide bonds. The SMILES string of the molecule is O=C(OCc1cncn1Cc1ccccc1)C1CC12CCSCC2. The van der Waals surface area contributed by atoms with Gasteiger partial charge in [-0.3, -0.25) is 4.79 Å². The fraction of sp³-hybridized carbons (Fsp3) is 0.474. The average molecular weight is 342 g/mol.